The van der Waals surface area contributed by atoms with Gasteiger partial charge in [0.1, 0.15) is 5.75 Å². The third kappa shape index (κ3) is 3.04. The fourth-order valence-electron chi connectivity index (χ4n) is 3.34. The highest BCUT2D eigenvalue weighted by Gasteiger charge is 2.29. The lowest BCUT2D eigenvalue weighted by molar-refractivity contribution is -0.132. The number of allylic oxidation sites excluding steroid dienone is 1. The van der Waals surface area contributed by atoms with Crippen molar-refractivity contribution in [3.8, 4) is 5.75 Å². The van der Waals surface area contributed by atoms with Gasteiger partial charge in [-0.1, -0.05) is 24.3 Å². The van der Waals surface area contributed by atoms with Crippen LogP contribution in [0, 0.1) is 0 Å². The first-order chi connectivity index (χ1) is 12.6. The number of aliphatic imine (C=N–C) groups is 1. The third-order valence-corrected chi connectivity index (χ3v) is 4.44. The molecule has 0 spiro atoms. The molecule has 2 aromatic carbocycles. The normalized spacial score (nSPS) is 18.8. The van der Waals surface area contributed by atoms with Crippen molar-refractivity contribution < 1.29 is 19.1 Å². The highest BCUT2D eigenvalue weighted by molar-refractivity contribution is 6.14. The molecule has 0 N–H and O–H groups in total. The van der Waals surface area contributed by atoms with Crippen LogP contribution in [0.15, 0.2) is 59.2 Å². The molecule has 2 aromatic rings. The first-order valence-corrected chi connectivity index (χ1v) is 8.53. The SMILES string of the molecule is CC(=O)Oc1ccc2c(c1)CCC/C2=C1/N=C(c2ccccc2)OC1=O. The molecule has 0 saturated carbocycles. The topological polar surface area (TPSA) is 65.0 Å². The van der Waals surface area contributed by atoms with Crippen LogP contribution in [0.2, 0.25) is 0 Å². The number of rotatable bonds is 2. The molecule has 0 saturated heterocycles. The van der Waals surface area contributed by atoms with Crippen molar-refractivity contribution in [2.75, 3.05) is 0 Å². The van der Waals surface area contributed by atoms with Crippen LogP contribution in [0.3, 0.4) is 0 Å². The maximum absolute atomic E-state index is 12.4. The first-order valence-electron chi connectivity index (χ1n) is 8.53. The highest BCUT2D eigenvalue weighted by Crippen LogP contribution is 2.37. The molecule has 0 radical (unpaired) electrons. The summed E-state index contributed by atoms with van der Waals surface area (Å²) >= 11 is 0. The van der Waals surface area contributed by atoms with Crippen LogP contribution in [-0.4, -0.2) is 17.8 Å². The summed E-state index contributed by atoms with van der Waals surface area (Å²) in [5, 5.41) is 0. The zero-order chi connectivity index (χ0) is 18.1. The Morgan fingerprint density at radius 2 is 1.92 bits per heavy atom. The minimum absolute atomic E-state index is 0.335. The Morgan fingerprint density at radius 1 is 1.12 bits per heavy atom. The third-order valence-electron chi connectivity index (χ3n) is 4.44. The second kappa shape index (κ2) is 6.59. The number of fused-ring (bicyclic) bond motifs is 1. The maximum Gasteiger partial charge on any atom is 0.364 e. The standard InChI is InChI=1S/C21H17NO4/c1-13(23)25-16-10-11-17-15(12-16)8-5-9-18(17)19-21(24)26-20(22-19)14-6-3-2-4-7-14/h2-4,6-7,10-12H,5,8-9H2,1H3/b19-18-. The van der Waals surface area contributed by atoms with Crippen LogP contribution < -0.4 is 4.74 Å². The monoisotopic (exact) mass is 347 g/mol. The number of hydrogen-bond acceptors (Lipinski definition) is 5. The number of aryl methyl sites for hydroxylation is 1. The van der Waals surface area contributed by atoms with Crippen molar-refractivity contribution in [1.29, 1.82) is 0 Å². The van der Waals surface area contributed by atoms with Crippen molar-refractivity contribution in [3.05, 3.63) is 70.9 Å². The molecule has 0 aromatic heterocycles. The van der Waals surface area contributed by atoms with E-state index in [1.54, 1.807) is 6.07 Å². The van der Waals surface area contributed by atoms with E-state index in [-0.39, 0.29) is 5.97 Å². The van der Waals surface area contributed by atoms with Crippen LogP contribution in [-0.2, 0) is 20.7 Å². The summed E-state index contributed by atoms with van der Waals surface area (Å²) in [4.78, 5) is 28.0. The molecule has 130 valence electrons. The van der Waals surface area contributed by atoms with E-state index in [9.17, 15) is 9.59 Å². The quantitative estimate of drug-likeness (QED) is 0.472. The molecule has 1 aliphatic heterocycles. The minimum atomic E-state index is -0.421. The molecule has 0 atom stereocenters. The number of hydrogen-bond donors (Lipinski definition) is 0. The predicted molar refractivity (Wildman–Crippen MR) is 96.7 cm³/mol. The Labute approximate surface area is 151 Å². The van der Waals surface area contributed by atoms with Crippen molar-refractivity contribution in [1.82, 2.24) is 0 Å². The van der Waals surface area contributed by atoms with Crippen LogP contribution in [0.5, 0.6) is 5.75 Å². The Bertz CT molecular complexity index is 957. The summed E-state index contributed by atoms with van der Waals surface area (Å²) < 4.78 is 10.6. The lowest BCUT2D eigenvalue weighted by Crippen LogP contribution is -2.09. The number of benzene rings is 2. The van der Waals surface area contributed by atoms with E-state index >= 15 is 0 Å². The van der Waals surface area contributed by atoms with Gasteiger partial charge in [-0.2, -0.15) is 0 Å². The smallest absolute Gasteiger partial charge is 0.364 e. The number of nitrogens with zero attached hydrogens (tertiary/aromatic N) is 1. The zero-order valence-corrected chi connectivity index (χ0v) is 14.3. The number of ether oxygens (including phenoxy) is 2. The number of carbonyl (C=O) groups is 2. The highest BCUT2D eigenvalue weighted by atomic mass is 16.6. The Morgan fingerprint density at radius 3 is 2.69 bits per heavy atom. The lowest BCUT2D eigenvalue weighted by Gasteiger charge is -2.20. The molecule has 1 heterocycles. The Hall–Kier alpha value is -3.21. The van der Waals surface area contributed by atoms with E-state index in [1.165, 1.54) is 6.92 Å². The van der Waals surface area contributed by atoms with Crippen LogP contribution in [0.1, 0.15) is 36.5 Å². The average molecular weight is 347 g/mol. The minimum Gasteiger partial charge on any atom is -0.427 e. The molecule has 0 unspecified atom stereocenters. The maximum atomic E-state index is 12.4. The average Bonchev–Trinajstić information content (AvgIpc) is 3.03. The Balaban J connectivity index is 1.75. The largest absolute Gasteiger partial charge is 0.427 e. The van der Waals surface area contributed by atoms with E-state index in [1.807, 2.05) is 42.5 Å². The van der Waals surface area contributed by atoms with Crippen molar-refractivity contribution in [2.45, 2.75) is 26.2 Å². The number of cyclic esters (lactones) is 1. The van der Waals surface area contributed by atoms with Gasteiger partial charge in [0.05, 0.1) is 0 Å². The molecule has 0 fully saturated rings. The number of esters is 2. The lowest BCUT2D eigenvalue weighted by atomic mass is 9.86. The van der Waals surface area contributed by atoms with Gasteiger partial charge >= 0.3 is 11.9 Å². The molecular weight excluding hydrogens is 330 g/mol. The van der Waals surface area contributed by atoms with E-state index in [2.05, 4.69) is 4.99 Å². The second-order valence-corrected chi connectivity index (χ2v) is 6.27. The molecule has 2 aliphatic rings. The summed E-state index contributed by atoms with van der Waals surface area (Å²) in [6.07, 6.45) is 2.53. The second-order valence-electron chi connectivity index (χ2n) is 6.27. The summed E-state index contributed by atoms with van der Waals surface area (Å²) in [5.41, 5.74) is 4.05. The summed E-state index contributed by atoms with van der Waals surface area (Å²) in [5.74, 6) is 0.0818. The summed E-state index contributed by atoms with van der Waals surface area (Å²) in [6.45, 7) is 1.38. The van der Waals surface area contributed by atoms with Crippen molar-refractivity contribution >= 4 is 23.4 Å². The first kappa shape index (κ1) is 16.3. The molecule has 4 rings (SSSR count). The van der Waals surface area contributed by atoms with Gasteiger partial charge in [0.2, 0.25) is 5.90 Å². The van der Waals surface area contributed by atoms with Gasteiger partial charge in [-0.15, -0.1) is 0 Å². The van der Waals surface area contributed by atoms with Gasteiger partial charge in [-0.05, 0) is 60.2 Å². The zero-order valence-electron chi connectivity index (χ0n) is 14.3. The van der Waals surface area contributed by atoms with E-state index in [4.69, 9.17) is 9.47 Å². The van der Waals surface area contributed by atoms with E-state index in [0.717, 1.165) is 41.5 Å². The molecule has 0 amide bonds. The van der Waals surface area contributed by atoms with Crippen molar-refractivity contribution in [3.63, 3.8) is 0 Å². The van der Waals surface area contributed by atoms with Gasteiger partial charge in [0, 0.05) is 12.5 Å². The van der Waals surface area contributed by atoms with Crippen LogP contribution in [0.25, 0.3) is 5.57 Å². The van der Waals surface area contributed by atoms with E-state index in [0.29, 0.717) is 17.3 Å². The molecule has 5 nitrogen and oxygen atoms in total. The summed E-state index contributed by atoms with van der Waals surface area (Å²) in [6, 6.07) is 14.9. The molecule has 5 heteroatoms. The van der Waals surface area contributed by atoms with Gasteiger partial charge in [-0.25, -0.2) is 9.79 Å². The molecule has 26 heavy (non-hydrogen) atoms. The van der Waals surface area contributed by atoms with Gasteiger partial charge in [-0.3, -0.25) is 4.79 Å². The fourth-order valence-corrected chi connectivity index (χ4v) is 3.34. The van der Waals surface area contributed by atoms with Crippen LogP contribution >= 0.6 is 0 Å². The van der Waals surface area contributed by atoms with Gasteiger partial charge < -0.3 is 9.47 Å². The van der Waals surface area contributed by atoms with Gasteiger partial charge in [0.15, 0.2) is 5.70 Å². The molecule has 0 bridgehead atoms. The summed E-state index contributed by atoms with van der Waals surface area (Å²) in [7, 11) is 0. The van der Waals surface area contributed by atoms with Crippen molar-refractivity contribution in [2.24, 2.45) is 4.99 Å². The number of carbonyl (C=O) groups excluding carboxylic acids is 2. The molecular formula is C21H17NO4. The Kier molecular flexibility index (Phi) is 4.13. The van der Waals surface area contributed by atoms with Crippen LogP contribution in [0.4, 0.5) is 0 Å². The predicted octanol–water partition coefficient (Wildman–Crippen LogP) is 3.66. The van der Waals surface area contributed by atoms with E-state index < -0.39 is 5.97 Å². The fraction of sp³-hybridized carbons (Fsp3) is 0.190. The molecule has 1 aliphatic carbocycles. The van der Waals surface area contributed by atoms with Gasteiger partial charge in [0.25, 0.3) is 0 Å².